The lowest BCUT2D eigenvalue weighted by Gasteiger charge is -2.36. The Kier molecular flexibility index (Phi) is 4.49. The number of nitrogens with zero attached hydrogens (tertiary/aromatic N) is 3. The third kappa shape index (κ3) is 3.81. The number of amides is 1. The Morgan fingerprint density at radius 3 is 2.32 bits per heavy atom. The second-order valence-corrected chi connectivity index (χ2v) is 6.77. The second-order valence-electron chi connectivity index (χ2n) is 6.77. The van der Waals surface area contributed by atoms with Gasteiger partial charge in [-0.2, -0.15) is 0 Å². The van der Waals surface area contributed by atoms with Crippen molar-refractivity contribution in [3.05, 3.63) is 28.2 Å². The zero-order valence-electron chi connectivity index (χ0n) is 14.0. The van der Waals surface area contributed by atoms with Crippen molar-refractivity contribution in [1.82, 2.24) is 9.47 Å². The largest absolute Gasteiger partial charge is 0.444 e. The molecule has 6 nitrogen and oxygen atoms in total. The Hall–Kier alpha value is -1.98. The Morgan fingerprint density at radius 1 is 1.18 bits per heavy atom. The molecule has 6 heteroatoms. The fourth-order valence-corrected chi connectivity index (χ4v) is 2.54. The van der Waals surface area contributed by atoms with Crippen molar-refractivity contribution in [2.75, 3.05) is 31.1 Å². The third-order valence-electron chi connectivity index (χ3n) is 3.57. The summed E-state index contributed by atoms with van der Waals surface area (Å²) in [6, 6.07) is 1.91. The number of hydrogen-bond donors (Lipinski definition) is 0. The molecule has 0 aliphatic carbocycles. The van der Waals surface area contributed by atoms with E-state index < -0.39 is 5.60 Å². The number of piperazine rings is 1. The molecular formula is C16H25N3O3. The molecule has 2 rings (SSSR count). The predicted molar refractivity (Wildman–Crippen MR) is 86.4 cm³/mol. The highest BCUT2D eigenvalue weighted by Gasteiger charge is 2.26. The summed E-state index contributed by atoms with van der Waals surface area (Å²) in [6.45, 7) is 9.95. The molecule has 22 heavy (non-hydrogen) atoms. The number of aromatic nitrogens is 1. The highest BCUT2D eigenvalue weighted by atomic mass is 16.6. The van der Waals surface area contributed by atoms with Crippen LogP contribution in [0.5, 0.6) is 0 Å². The maximum Gasteiger partial charge on any atom is 0.410 e. The molecule has 1 aliphatic rings. The summed E-state index contributed by atoms with van der Waals surface area (Å²) in [5.41, 5.74) is 1.26. The van der Waals surface area contributed by atoms with Crippen molar-refractivity contribution < 1.29 is 9.53 Å². The number of hydrogen-bond acceptors (Lipinski definition) is 4. The van der Waals surface area contributed by atoms with E-state index in [1.54, 1.807) is 16.5 Å². The maximum atomic E-state index is 12.2. The Bertz CT molecular complexity index is 608. The number of rotatable bonds is 1. The third-order valence-corrected chi connectivity index (χ3v) is 3.57. The molecule has 1 amide bonds. The molecule has 1 aliphatic heterocycles. The minimum Gasteiger partial charge on any atom is -0.444 e. The molecule has 0 spiro atoms. The minimum absolute atomic E-state index is 0.00341. The molecular weight excluding hydrogens is 282 g/mol. The van der Waals surface area contributed by atoms with Crippen LogP contribution in [0.3, 0.4) is 0 Å². The highest BCUT2D eigenvalue weighted by molar-refractivity contribution is 5.68. The van der Waals surface area contributed by atoms with Gasteiger partial charge in [0.2, 0.25) is 0 Å². The van der Waals surface area contributed by atoms with Gasteiger partial charge in [0.1, 0.15) is 11.3 Å². The van der Waals surface area contributed by atoms with Crippen LogP contribution in [0, 0.1) is 6.92 Å². The van der Waals surface area contributed by atoms with Gasteiger partial charge in [0.25, 0.3) is 5.56 Å². The first kappa shape index (κ1) is 16.4. The quantitative estimate of drug-likeness (QED) is 0.793. The molecule has 0 N–H and O–H groups in total. The first-order valence-corrected chi connectivity index (χ1v) is 7.57. The van der Waals surface area contributed by atoms with Gasteiger partial charge in [0.15, 0.2) is 0 Å². The molecule has 0 radical (unpaired) electrons. The molecule has 0 saturated carbocycles. The van der Waals surface area contributed by atoms with Gasteiger partial charge >= 0.3 is 6.09 Å². The molecule has 2 heterocycles. The minimum atomic E-state index is -0.485. The Balaban J connectivity index is 2.04. The number of pyridine rings is 1. The van der Waals surface area contributed by atoms with Gasteiger partial charge < -0.3 is 19.1 Å². The summed E-state index contributed by atoms with van der Waals surface area (Å²) < 4.78 is 6.98. The monoisotopic (exact) mass is 307 g/mol. The van der Waals surface area contributed by atoms with Gasteiger partial charge in [-0.05, 0) is 39.3 Å². The van der Waals surface area contributed by atoms with Crippen molar-refractivity contribution in [3.63, 3.8) is 0 Å². The van der Waals surface area contributed by atoms with E-state index in [1.807, 2.05) is 44.9 Å². The highest BCUT2D eigenvalue weighted by Crippen LogP contribution is 2.16. The summed E-state index contributed by atoms with van der Waals surface area (Å²) in [4.78, 5) is 28.0. The van der Waals surface area contributed by atoms with Gasteiger partial charge in [0.05, 0.1) is 0 Å². The van der Waals surface area contributed by atoms with Crippen LogP contribution in [0.15, 0.2) is 17.1 Å². The van der Waals surface area contributed by atoms with E-state index in [0.717, 1.165) is 5.56 Å². The fourth-order valence-electron chi connectivity index (χ4n) is 2.54. The summed E-state index contributed by atoms with van der Waals surface area (Å²) in [6.07, 6.45) is 1.53. The first-order valence-electron chi connectivity index (χ1n) is 7.57. The van der Waals surface area contributed by atoms with Crippen LogP contribution in [-0.4, -0.2) is 47.3 Å². The molecule has 1 aromatic rings. The lowest BCUT2D eigenvalue weighted by Crippen LogP contribution is -2.51. The van der Waals surface area contributed by atoms with Crippen LogP contribution in [0.2, 0.25) is 0 Å². The second kappa shape index (κ2) is 6.02. The van der Waals surface area contributed by atoms with E-state index in [2.05, 4.69) is 0 Å². The molecule has 1 aromatic heterocycles. The van der Waals surface area contributed by atoms with Crippen LogP contribution in [0.1, 0.15) is 26.3 Å². The summed E-state index contributed by atoms with van der Waals surface area (Å²) >= 11 is 0. The fraction of sp³-hybridized carbons (Fsp3) is 0.625. The number of carbonyl (C=O) groups excluding carboxylic acids is 1. The van der Waals surface area contributed by atoms with E-state index in [4.69, 9.17) is 4.74 Å². The van der Waals surface area contributed by atoms with E-state index >= 15 is 0 Å². The van der Waals surface area contributed by atoms with Crippen LogP contribution in [0.4, 0.5) is 10.5 Å². The molecule has 122 valence electrons. The summed E-state index contributed by atoms with van der Waals surface area (Å²) in [7, 11) is 1.76. The lowest BCUT2D eigenvalue weighted by atomic mass is 10.2. The van der Waals surface area contributed by atoms with Crippen molar-refractivity contribution in [3.8, 4) is 0 Å². The van der Waals surface area contributed by atoms with Crippen LogP contribution in [0.25, 0.3) is 0 Å². The summed E-state index contributed by atoms with van der Waals surface area (Å²) in [5.74, 6) is 0. The standard InChI is InChI=1S/C16H25N3O3/c1-12-10-13(14(20)17(5)11-12)18-6-8-19(9-7-18)15(21)22-16(2,3)4/h10-11H,6-9H2,1-5H3. The van der Waals surface area contributed by atoms with Crippen molar-refractivity contribution in [2.45, 2.75) is 33.3 Å². The maximum absolute atomic E-state index is 12.2. The first-order chi connectivity index (χ1) is 10.2. The van der Waals surface area contributed by atoms with Crippen molar-refractivity contribution in [1.29, 1.82) is 0 Å². The molecule has 0 unspecified atom stereocenters. The molecule has 1 saturated heterocycles. The zero-order chi connectivity index (χ0) is 16.5. The van der Waals surface area contributed by atoms with Gasteiger partial charge in [-0.15, -0.1) is 0 Å². The van der Waals surface area contributed by atoms with Crippen LogP contribution in [-0.2, 0) is 11.8 Å². The number of aryl methyl sites for hydroxylation is 2. The number of ether oxygens (including phenoxy) is 1. The van der Waals surface area contributed by atoms with Crippen molar-refractivity contribution >= 4 is 11.8 Å². The van der Waals surface area contributed by atoms with Gasteiger partial charge in [-0.1, -0.05) is 0 Å². The van der Waals surface area contributed by atoms with E-state index in [1.165, 1.54) is 0 Å². The normalized spacial score (nSPS) is 15.9. The smallest absolute Gasteiger partial charge is 0.410 e. The SMILES string of the molecule is Cc1cc(N2CCN(C(=O)OC(C)(C)C)CC2)c(=O)n(C)c1. The number of anilines is 1. The zero-order valence-corrected chi connectivity index (χ0v) is 14.0. The molecule has 0 atom stereocenters. The van der Waals surface area contributed by atoms with Crippen LogP contribution >= 0.6 is 0 Å². The van der Waals surface area contributed by atoms with Crippen molar-refractivity contribution in [2.24, 2.45) is 7.05 Å². The van der Waals surface area contributed by atoms with E-state index in [9.17, 15) is 9.59 Å². The Labute approximate surface area is 131 Å². The van der Waals surface area contributed by atoms with Gasteiger partial charge in [-0.25, -0.2) is 4.79 Å². The van der Waals surface area contributed by atoms with Crippen LogP contribution < -0.4 is 10.5 Å². The van der Waals surface area contributed by atoms with E-state index in [0.29, 0.717) is 31.9 Å². The Morgan fingerprint density at radius 2 is 1.77 bits per heavy atom. The lowest BCUT2D eigenvalue weighted by molar-refractivity contribution is 0.0240. The molecule has 0 aromatic carbocycles. The molecule has 1 fully saturated rings. The van der Waals surface area contributed by atoms with E-state index in [-0.39, 0.29) is 11.7 Å². The van der Waals surface area contributed by atoms with Gasteiger partial charge in [-0.3, -0.25) is 4.79 Å². The average Bonchev–Trinajstić information content (AvgIpc) is 2.41. The summed E-state index contributed by atoms with van der Waals surface area (Å²) in [5, 5.41) is 0. The average molecular weight is 307 g/mol. The van der Waals surface area contributed by atoms with Gasteiger partial charge in [0, 0.05) is 39.4 Å². The topological polar surface area (TPSA) is 54.8 Å². The number of carbonyl (C=O) groups is 1. The molecule has 0 bridgehead atoms. The predicted octanol–water partition coefficient (Wildman–Crippen LogP) is 1.75.